The van der Waals surface area contributed by atoms with Crippen LogP contribution < -0.4 is 0 Å². The molecular weight excluding hydrogens is 348 g/mol. The molecule has 0 heterocycles. The van der Waals surface area contributed by atoms with Crippen molar-refractivity contribution in [1.82, 2.24) is 0 Å². The number of esters is 3. The van der Waals surface area contributed by atoms with Gasteiger partial charge in [-0.3, -0.25) is 4.79 Å². The molecule has 0 aliphatic rings. The van der Waals surface area contributed by atoms with E-state index in [4.69, 9.17) is 14.2 Å². The number of carbonyl (C=O) groups is 3. The number of hydrogen-bond donors (Lipinski definition) is 0. The maximum Gasteiger partial charge on any atom is 0.338 e. The fraction of sp³-hybridized carbons (Fsp3) is 0.286. The summed E-state index contributed by atoms with van der Waals surface area (Å²) >= 11 is 0. The quantitative estimate of drug-likeness (QED) is 0.523. The van der Waals surface area contributed by atoms with Gasteiger partial charge in [-0.05, 0) is 31.2 Å². The Labute approximate surface area is 158 Å². The molecule has 142 valence electrons. The van der Waals surface area contributed by atoms with Crippen molar-refractivity contribution < 1.29 is 28.6 Å². The maximum absolute atomic E-state index is 12.1. The van der Waals surface area contributed by atoms with Crippen LogP contribution in [-0.4, -0.2) is 36.7 Å². The van der Waals surface area contributed by atoms with E-state index in [0.29, 0.717) is 11.1 Å². The van der Waals surface area contributed by atoms with Crippen LogP contribution >= 0.6 is 0 Å². The molecule has 2 rings (SSSR count). The minimum absolute atomic E-state index is 0.148. The van der Waals surface area contributed by atoms with Gasteiger partial charge in [0.1, 0.15) is 13.2 Å². The summed E-state index contributed by atoms with van der Waals surface area (Å²) < 4.78 is 15.9. The Hall–Kier alpha value is -3.15. The Morgan fingerprint density at radius 2 is 1.19 bits per heavy atom. The third kappa shape index (κ3) is 6.26. The van der Waals surface area contributed by atoms with E-state index >= 15 is 0 Å². The summed E-state index contributed by atoms with van der Waals surface area (Å²) in [5, 5.41) is 0. The van der Waals surface area contributed by atoms with Gasteiger partial charge in [0, 0.05) is 6.42 Å². The van der Waals surface area contributed by atoms with Gasteiger partial charge < -0.3 is 14.2 Å². The molecule has 0 spiro atoms. The molecule has 6 nitrogen and oxygen atoms in total. The van der Waals surface area contributed by atoms with Crippen molar-refractivity contribution in [3.63, 3.8) is 0 Å². The first-order valence-electron chi connectivity index (χ1n) is 8.60. The van der Waals surface area contributed by atoms with E-state index in [1.165, 1.54) is 0 Å². The van der Waals surface area contributed by atoms with Crippen LogP contribution in [0.15, 0.2) is 60.7 Å². The third-order valence-electron chi connectivity index (χ3n) is 3.69. The van der Waals surface area contributed by atoms with Crippen LogP contribution in [0.1, 0.15) is 41.0 Å². The summed E-state index contributed by atoms with van der Waals surface area (Å²) in [5.74, 6) is -1.59. The highest BCUT2D eigenvalue weighted by Crippen LogP contribution is 2.16. The van der Waals surface area contributed by atoms with Gasteiger partial charge in [0.2, 0.25) is 0 Å². The lowest BCUT2D eigenvalue weighted by atomic mass is 10.1. The highest BCUT2D eigenvalue weighted by Gasteiger charge is 2.33. The molecule has 0 atom stereocenters. The van der Waals surface area contributed by atoms with Crippen molar-refractivity contribution in [2.75, 3.05) is 13.2 Å². The van der Waals surface area contributed by atoms with E-state index in [1.807, 2.05) is 0 Å². The number of ether oxygens (including phenoxy) is 3. The smallest absolute Gasteiger partial charge is 0.338 e. The lowest BCUT2D eigenvalue weighted by Crippen LogP contribution is -2.42. The Balaban J connectivity index is 2.01. The molecule has 0 aliphatic carbocycles. The van der Waals surface area contributed by atoms with E-state index in [2.05, 4.69) is 0 Å². The monoisotopic (exact) mass is 370 g/mol. The van der Waals surface area contributed by atoms with Crippen LogP contribution in [-0.2, 0) is 19.0 Å². The Bertz CT molecular complexity index is 714. The molecule has 0 saturated heterocycles. The summed E-state index contributed by atoms with van der Waals surface area (Å²) in [6.45, 7) is 2.72. The number of hydrogen-bond acceptors (Lipinski definition) is 6. The molecular formula is C21H22O6. The van der Waals surface area contributed by atoms with Gasteiger partial charge in [-0.1, -0.05) is 43.3 Å². The van der Waals surface area contributed by atoms with E-state index < -0.39 is 23.5 Å². The molecule has 2 aromatic carbocycles. The van der Waals surface area contributed by atoms with Gasteiger partial charge >= 0.3 is 17.9 Å². The van der Waals surface area contributed by atoms with Crippen LogP contribution in [0.3, 0.4) is 0 Å². The van der Waals surface area contributed by atoms with Crippen LogP contribution in [0.2, 0.25) is 0 Å². The van der Waals surface area contributed by atoms with E-state index in [-0.39, 0.29) is 19.6 Å². The molecule has 0 fully saturated rings. The van der Waals surface area contributed by atoms with Gasteiger partial charge in [-0.15, -0.1) is 0 Å². The SMILES string of the molecule is CCC(=O)OC(C)(COC(=O)c1ccccc1)COC(=O)c1ccccc1. The summed E-state index contributed by atoms with van der Waals surface area (Å²) in [6, 6.07) is 16.9. The molecule has 0 aliphatic heterocycles. The Morgan fingerprint density at radius 3 is 1.56 bits per heavy atom. The van der Waals surface area contributed by atoms with Crippen molar-refractivity contribution in [3.8, 4) is 0 Å². The second-order valence-corrected chi connectivity index (χ2v) is 6.16. The van der Waals surface area contributed by atoms with Crippen molar-refractivity contribution in [2.24, 2.45) is 0 Å². The van der Waals surface area contributed by atoms with E-state index in [9.17, 15) is 14.4 Å². The molecule has 0 N–H and O–H groups in total. The average molecular weight is 370 g/mol. The molecule has 0 aromatic heterocycles. The predicted octanol–water partition coefficient (Wildman–Crippen LogP) is 3.41. The predicted molar refractivity (Wildman–Crippen MR) is 98.2 cm³/mol. The van der Waals surface area contributed by atoms with Crippen molar-refractivity contribution >= 4 is 17.9 Å². The van der Waals surface area contributed by atoms with Crippen molar-refractivity contribution in [1.29, 1.82) is 0 Å². The second kappa shape index (κ2) is 9.52. The Kier molecular flexibility index (Phi) is 7.11. The first-order chi connectivity index (χ1) is 12.9. The fourth-order valence-electron chi connectivity index (χ4n) is 2.20. The van der Waals surface area contributed by atoms with Crippen LogP contribution in [0, 0.1) is 0 Å². The second-order valence-electron chi connectivity index (χ2n) is 6.16. The molecule has 0 saturated carbocycles. The molecule has 2 aromatic rings. The van der Waals surface area contributed by atoms with Crippen molar-refractivity contribution in [3.05, 3.63) is 71.8 Å². The minimum Gasteiger partial charge on any atom is -0.458 e. The van der Waals surface area contributed by atoms with E-state index in [0.717, 1.165) is 0 Å². The zero-order valence-electron chi connectivity index (χ0n) is 15.3. The molecule has 27 heavy (non-hydrogen) atoms. The van der Waals surface area contributed by atoms with E-state index in [1.54, 1.807) is 74.5 Å². The molecule has 0 bridgehead atoms. The summed E-state index contributed by atoms with van der Waals surface area (Å²) in [6.07, 6.45) is 0.148. The van der Waals surface area contributed by atoms with Gasteiger partial charge in [-0.2, -0.15) is 0 Å². The third-order valence-corrected chi connectivity index (χ3v) is 3.69. The van der Waals surface area contributed by atoms with Gasteiger partial charge in [0.25, 0.3) is 0 Å². The first-order valence-corrected chi connectivity index (χ1v) is 8.60. The molecule has 0 unspecified atom stereocenters. The summed E-state index contributed by atoms with van der Waals surface area (Å²) in [4.78, 5) is 36.0. The zero-order chi connectivity index (χ0) is 19.7. The fourth-order valence-corrected chi connectivity index (χ4v) is 2.20. The summed E-state index contributed by atoms with van der Waals surface area (Å²) in [5.41, 5.74) is -0.534. The van der Waals surface area contributed by atoms with Gasteiger partial charge in [0.05, 0.1) is 11.1 Å². The number of rotatable bonds is 8. The maximum atomic E-state index is 12.1. The Morgan fingerprint density at radius 1 is 0.778 bits per heavy atom. The topological polar surface area (TPSA) is 78.9 Å². The first kappa shape index (κ1) is 20.2. The molecule has 0 amide bonds. The average Bonchev–Trinajstić information content (AvgIpc) is 2.71. The summed E-state index contributed by atoms with van der Waals surface area (Å²) in [7, 11) is 0. The largest absolute Gasteiger partial charge is 0.458 e. The van der Waals surface area contributed by atoms with Crippen LogP contribution in [0.25, 0.3) is 0 Å². The van der Waals surface area contributed by atoms with Crippen LogP contribution in [0.4, 0.5) is 0 Å². The number of benzene rings is 2. The highest BCUT2D eigenvalue weighted by atomic mass is 16.6. The lowest BCUT2D eigenvalue weighted by Gasteiger charge is -2.28. The van der Waals surface area contributed by atoms with Crippen LogP contribution in [0.5, 0.6) is 0 Å². The normalized spacial score (nSPS) is 10.7. The molecule has 0 radical (unpaired) electrons. The standard InChI is InChI=1S/C21H22O6/c1-3-18(22)27-21(2,14-25-19(23)16-10-6-4-7-11-16)15-26-20(24)17-12-8-5-9-13-17/h4-13H,3,14-15H2,1-2H3. The van der Waals surface area contributed by atoms with Gasteiger partial charge in [-0.25, -0.2) is 9.59 Å². The van der Waals surface area contributed by atoms with Gasteiger partial charge in [0.15, 0.2) is 5.60 Å². The molecule has 6 heteroatoms. The lowest BCUT2D eigenvalue weighted by molar-refractivity contribution is -0.167. The zero-order valence-corrected chi connectivity index (χ0v) is 15.3. The minimum atomic E-state index is -1.29. The number of carbonyl (C=O) groups excluding carboxylic acids is 3. The van der Waals surface area contributed by atoms with Crippen molar-refractivity contribution in [2.45, 2.75) is 25.9 Å². The highest BCUT2D eigenvalue weighted by molar-refractivity contribution is 5.90.